The summed E-state index contributed by atoms with van der Waals surface area (Å²) >= 11 is 5.23. The van der Waals surface area contributed by atoms with Crippen LogP contribution in [0.4, 0.5) is 0 Å². The van der Waals surface area contributed by atoms with Crippen LogP contribution in [0.1, 0.15) is 22.9 Å². The van der Waals surface area contributed by atoms with Crippen molar-refractivity contribution >= 4 is 12.2 Å². The molecule has 3 N–H and O–H groups in total. The first-order valence-corrected chi connectivity index (χ1v) is 12.0. The highest BCUT2D eigenvalue weighted by atomic mass is 32.1. The predicted molar refractivity (Wildman–Crippen MR) is 137 cm³/mol. The molecule has 1 saturated heterocycles. The molecule has 5 rings (SSSR count). The van der Waals surface area contributed by atoms with E-state index in [2.05, 4.69) is 4.98 Å². The lowest BCUT2D eigenvalue weighted by Gasteiger charge is -2.37. The van der Waals surface area contributed by atoms with Gasteiger partial charge in [0.25, 0.3) is 5.56 Å². The minimum absolute atomic E-state index is 0.0237. The lowest BCUT2D eigenvalue weighted by Crippen LogP contribution is -2.39. The third-order valence-electron chi connectivity index (χ3n) is 6.47. The highest BCUT2D eigenvalue weighted by Crippen LogP contribution is 2.41. The molecule has 2 heterocycles. The Bertz CT molecular complexity index is 1310. The summed E-state index contributed by atoms with van der Waals surface area (Å²) in [5, 5.41) is 21.6. The second kappa shape index (κ2) is 10.3. The molecule has 8 heteroatoms. The second-order valence-corrected chi connectivity index (χ2v) is 9.04. The number of aromatic nitrogens is 2. The number of hydrogen-bond donors (Lipinski definition) is 3. The van der Waals surface area contributed by atoms with E-state index in [4.69, 9.17) is 21.7 Å². The maximum absolute atomic E-state index is 11.6. The van der Waals surface area contributed by atoms with Gasteiger partial charge in [-0.25, -0.2) is 0 Å². The van der Waals surface area contributed by atoms with Crippen molar-refractivity contribution in [3.63, 3.8) is 0 Å². The van der Waals surface area contributed by atoms with Crippen LogP contribution in [0, 0.1) is 4.77 Å². The van der Waals surface area contributed by atoms with Crippen molar-refractivity contribution in [3.8, 4) is 0 Å². The molecular formula is C28H26N2O5S. The molecule has 0 unspecified atom stereocenters. The van der Waals surface area contributed by atoms with Crippen molar-refractivity contribution in [1.82, 2.24) is 9.55 Å². The monoisotopic (exact) mass is 502 g/mol. The van der Waals surface area contributed by atoms with Crippen LogP contribution in [0.3, 0.4) is 0 Å². The van der Waals surface area contributed by atoms with Crippen molar-refractivity contribution in [2.75, 3.05) is 6.61 Å². The molecule has 3 aromatic carbocycles. The topological polar surface area (TPSA) is 96.7 Å². The van der Waals surface area contributed by atoms with Crippen LogP contribution in [0.25, 0.3) is 0 Å². The first kappa shape index (κ1) is 24.3. The zero-order valence-electron chi connectivity index (χ0n) is 19.3. The first-order valence-electron chi connectivity index (χ1n) is 11.6. The Hall–Kier alpha value is -3.40. The van der Waals surface area contributed by atoms with Crippen LogP contribution >= 0.6 is 12.2 Å². The normalized spacial score (nSPS) is 21.9. The van der Waals surface area contributed by atoms with E-state index in [-0.39, 0.29) is 16.9 Å². The number of hydrogen-bond acceptors (Lipinski definition) is 6. The summed E-state index contributed by atoms with van der Waals surface area (Å²) < 4.78 is 14.3. The Morgan fingerprint density at radius 1 is 0.833 bits per heavy atom. The highest BCUT2D eigenvalue weighted by Gasteiger charge is 2.46. The fraction of sp³-hybridized carbons (Fsp3) is 0.214. The summed E-state index contributed by atoms with van der Waals surface area (Å²) in [6, 6.07) is 30.9. The molecule has 1 aliphatic heterocycles. The van der Waals surface area contributed by atoms with Crippen molar-refractivity contribution in [2.45, 2.75) is 30.1 Å². The Morgan fingerprint density at radius 2 is 1.33 bits per heavy atom. The molecule has 1 fully saturated rings. The van der Waals surface area contributed by atoms with E-state index in [1.54, 1.807) is 0 Å². The Morgan fingerprint density at radius 3 is 1.81 bits per heavy atom. The molecule has 1 aliphatic rings. The van der Waals surface area contributed by atoms with Gasteiger partial charge in [-0.05, 0) is 28.9 Å². The minimum Gasteiger partial charge on any atom is -0.387 e. The molecular weight excluding hydrogens is 476 g/mol. The average Bonchev–Trinajstić information content (AvgIpc) is 3.19. The molecule has 36 heavy (non-hydrogen) atoms. The summed E-state index contributed by atoms with van der Waals surface area (Å²) in [6.07, 6.45) is -2.89. The van der Waals surface area contributed by atoms with Gasteiger partial charge in [0.15, 0.2) is 11.0 Å². The summed E-state index contributed by atoms with van der Waals surface area (Å²) in [6.45, 7) is -0.0237. The Kier molecular flexibility index (Phi) is 6.95. The number of nitrogens with one attached hydrogen (secondary N) is 1. The van der Waals surface area contributed by atoms with E-state index >= 15 is 0 Å². The number of rotatable bonds is 7. The van der Waals surface area contributed by atoms with E-state index in [0.29, 0.717) is 0 Å². The lowest BCUT2D eigenvalue weighted by molar-refractivity contribution is -0.0954. The van der Waals surface area contributed by atoms with Gasteiger partial charge in [-0.15, -0.1) is 0 Å². The SMILES string of the molecule is O=c1ccn([C@@H]2O[C@@H](COC(c3ccccc3)(c3ccccc3)c3ccccc3)[C@@H](O)[C@@H]2O)c(=S)[nH]1. The molecule has 4 atom stereocenters. The molecule has 0 aliphatic carbocycles. The standard InChI is InChI=1S/C28H26N2O5S/c31-23-16-17-30(27(36)29-23)26-25(33)24(32)22(35-26)18-34-28(19-10-4-1-5-11-19,20-12-6-2-7-13-20)21-14-8-3-9-15-21/h1-17,22,24-26,32-33H,18H2,(H,29,31,36)/t22-,24+,25-,26+/m0/s1. The zero-order valence-corrected chi connectivity index (χ0v) is 20.1. The fourth-order valence-corrected chi connectivity index (χ4v) is 4.97. The first-order chi connectivity index (χ1) is 17.5. The number of aliphatic hydroxyl groups is 2. The number of aromatic amines is 1. The molecule has 1 aromatic heterocycles. The van der Waals surface area contributed by atoms with Crippen molar-refractivity contribution in [1.29, 1.82) is 0 Å². The van der Waals surface area contributed by atoms with Gasteiger partial charge in [0.05, 0.1) is 6.61 Å². The number of H-pyrrole nitrogens is 1. The van der Waals surface area contributed by atoms with Crippen molar-refractivity contribution in [2.24, 2.45) is 0 Å². The van der Waals surface area contributed by atoms with Gasteiger partial charge >= 0.3 is 0 Å². The van der Waals surface area contributed by atoms with E-state index < -0.39 is 30.1 Å². The van der Waals surface area contributed by atoms with Crippen LogP contribution in [0.2, 0.25) is 0 Å². The van der Waals surface area contributed by atoms with Gasteiger partial charge in [0, 0.05) is 12.3 Å². The van der Waals surface area contributed by atoms with E-state index in [1.165, 1.54) is 16.8 Å². The van der Waals surface area contributed by atoms with Crippen LogP contribution < -0.4 is 5.56 Å². The Labute approximate surface area is 213 Å². The van der Waals surface area contributed by atoms with E-state index in [0.717, 1.165) is 16.7 Å². The number of ether oxygens (including phenoxy) is 2. The van der Waals surface area contributed by atoms with Crippen LogP contribution in [0.15, 0.2) is 108 Å². The lowest BCUT2D eigenvalue weighted by atomic mass is 9.80. The maximum atomic E-state index is 11.6. The molecule has 184 valence electrons. The molecule has 0 radical (unpaired) electrons. The van der Waals surface area contributed by atoms with E-state index in [9.17, 15) is 15.0 Å². The van der Waals surface area contributed by atoms with Gasteiger partial charge < -0.3 is 19.7 Å². The van der Waals surface area contributed by atoms with Crippen molar-refractivity contribution in [3.05, 3.63) is 135 Å². The number of aliphatic hydroxyl groups excluding tert-OH is 2. The molecule has 0 amide bonds. The fourth-order valence-electron chi connectivity index (χ4n) is 4.70. The van der Waals surface area contributed by atoms with Crippen molar-refractivity contribution < 1.29 is 19.7 Å². The predicted octanol–water partition coefficient (Wildman–Crippen LogP) is 3.53. The molecule has 0 spiro atoms. The molecule has 0 saturated carbocycles. The highest BCUT2D eigenvalue weighted by molar-refractivity contribution is 7.71. The van der Waals surface area contributed by atoms with Crippen LogP contribution in [0.5, 0.6) is 0 Å². The molecule has 7 nitrogen and oxygen atoms in total. The smallest absolute Gasteiger partial charge is 0.251 e. The minimum atomic E-state index is -1.27. The second-order valence-electron chi connectivity index (χ2n) is 8.65. The number of nitrogens with zero attached hydrogens (tertiary/aromatic N) is 1. The Balaban J connectivity index is 1.52. The van der Waals surface area contributed by atoms with Gasteiger partial charge in [-0.3, -0.25) is 14.3 Å². The summed E-state index contributed by atoms with van der Waals surface area (Å²) in [4.78, 5) is 14.1. The number of benzene rings is 3. The third-order valence-corrected chi connectivity index (χ3v) is 6.78. The van der Waals surface area contributed by atoms with Gasteiger partial charge in [0.1, 0.15) is 23.9 Å². The van der Waals surface area contributed by atoms with Crippen LogP contribution in [-0.4, -0.2) is 44.7 Å². The zero-order chi connectivity index (χ0) is 25.1. The van der Waals surface area contributed by atoms with Gasteiger partial charge in [-0.1, -0.05) is 91.0 Å². The van der Waals surface area contributed by atoms with Gasteiger partial charge in [0.2, 0.25) is 0 Å². The maximum Gasteiger partial charge on any atom is 0.251 e. The summed E-state index contributed by atoms with van der Waals surface area (Å²) in [7, 11) is 0. The molecule has 4 aromatic rings. The average molecular weight is 503 g/mol. The third kappa shape index (κ3) is 4.45. The quantitative estimate of drug-likeness (QED) is 0.264. The molecule has 0 bridgehead atoms. The summed E-state index contributed by atoms with van der Waals surface area (Å²) in [5.74, 6) is 0. The van der Waals surface area contributed by atoms with Gasteiger partial charge in [-0.2, -0.15) is 0 Å². The largest absolute Gasteiger partial charge is 0.387 e. The summed E-state index contributed by atoms with van der Waals surface area (Å²) in [5.41, 5.74) is 1.38. The van der Waals surface area contributed by atoms with Crippen LogP contribution in [-0.2, 0) is 15.1 Å². The van der Waals surface area contributed by atoms with E-state index in [1.807, 2.05) is 91.0 Å².